The van der Waals surface area contributed by atoms with Gasteiger partial charge in [-0.2, -0.15) is 0 Å². The molecular formula is C33H23N. The van der Waals surface area contributed by atoms with Crippen LogP contribution in [0, 0.1) is 0 Å². The number of hydrogen-bond donors (Lipinski definition) is 0. The van der Waals surface area contributed by atoms with Crippen LogP contribution in [0.5, 0.6) is 0 Å². The zero-order valence-electron chi connectivity index (χ0n) is 18.8. The van der Waals surface area contributed by atoms with Crippen molar-refractivity contribution in [3.63, 3.8) is 0 Å². The number of hydrogen-bond acceptors (Lipinski definition) is 1. The minimum atomic E-state index is 0.556. The predicted molar refractivity (Wildman–Crippen MR) is 144 cm³/mol. The van der Waals surface area contributed by atoms with Gasteiger partial charge in [0.05, 0.1) is 0 Å². The van der Waals surface area contributed by atoms with Gasteiger partial charge in [-0.1, -0.05) is 91.0 Å². The van der Waals surface area contributed by atoms with Gasteiger partial charge in [-0.3, -0.25) is 0 Å². The molecule has 0 amide bonds. The number of benzene rings is 6. The Morgan fingerprint density at radius 3 is 1.88 bits per heavy atom. The zero-order chi connectivity index (χ0) is 22.2. The van der Waals surface area contributed by atoms with Gasteiger partial charge in [0, 0.05) is 17.4 Å². The van der Waals surface area contributed by atoms with E-state index < -0.39 is 0 Å². The van der Waals surface area contributed by atoms with Gasteiger partial charge in [0.15, 0.2) is 0 Å². The molecule has 1 nitrogen and oxygen atoms in total. The van der Waals surface area contributed by atoms with Crippen LogP contribution >= 0.6 is 0 Å². The summed E-state index contributed by atoms with van der Waals surface area (Å²) in [6.07, 6.45) is 2.26. The molecule has 6 aromatic rings. The van der Waals surface area contributed by atoms with Crippen LogP contribution in [0.2, 0.25) is 0 Å². The second-order valence-corrected chi connectivity index (χ2v) is 9.72. The van der Waals surface area contributed by atoms with E-state index in [1.165, 1.54) is 65.9 Å². The highest BCUT2D eigenvalue weighted by Gasteiger charge is 2.36. The van der Waals surface area contributed by atoms with Crippen LogP contribution in [-0.4, -0.2) is 6.04 Å². The van der Waals surface area contributed by atoms with Gasteiger partial charge >= 0.3 is 0 Å². The summed E-state index contributed by atoms with van der Waals surface area (Å²) in [7, 11) is 0. The van der Waals surface area contributed by atoms with Crippen LogP contribution in [0.1, 0.15) is 11.1 Å². The second-order valence-electron chi connectivity index (χ2n) is 9.72. The van der Waals surface area contributed by atoms with Gasteiger partial charge in [-0.05, 0) is 85.6 Å². The highest BCUT2D eigenvalue weighted by atomic mass is 15.2. The fourth-order valence-corrected chi connectivity index (χ4v) is 6.55. The summed E-state index contributed by atoms with van der Waals surface area (Å²) in [5.74, 6) is 0. The summed E-state index contributed by atoms with van der Waals surface area (Å²) in [6, 6.07) is 41.1. The summed E-state index contributed by atoms with van der Waals surface area (Å²) < 4.78 is 0. The first-order chi connectivity index (χ1) is 16.9. The molecule has 2 heterocycles. The molecule has 0 N–H and O–H groups in total. The summed E-state index contributed by atoms with van der Waals surface area (Å²) in [5.41, 5.74) is 8.37. The maximum Gasteiger partial charge on any atom is 0.0447 e. The summed E-state index contributed by atoms with van der Waals surface area (Å²) >= 11 is 0. The third-order valence-electron chi connectivity index (χ3n) is 7.95. The van der Waals surface area contributed by atoms with E-state index in [0.29, 0.717) is 6.04 Å². The van der Waals surface area contributed by atoms with E-state index in [1.54, 1.807) is 0 Å². The molecule has 0 bridgehead atoms. The molecule has 0 aromatic heterocycles. The fraction of sp³-hybridized carbons (Fsp3) is 0.0909. The molecule has 2 aliphatic rings. The molecule has 0 spiro atoms. The lowest BCUT2D eigenvalue weighted by molar-refractivity contribution is 0.725. The molecule has 0 saturated carbocycles. The van der Waals surface area contributed by atoms with Crippen LogP contribution in [0.15, 0.2) is 109 Å². The maximum atomic E-state index is 2.57. The molecule has 1 atom stereocenters. The predicted octanol–water partition coefficient (Wildman–Crippen LogP) is 8.43. The number of rotatable bonds is 1. The van der Waals surface area contributed by atoms with Crippen molar-refractivity contribution in [2.24, 2.45) is 0 Å². The van der Waals surface area contributed by atoms with E-state index in [0.717, 1.165) is 12.8 Å². The summed E-state index contributed by atoms with van der Waals surface area (Å²) in [5, 5.41) is 8.02. The third-order valence-corrected chi connectivity index (χ3v) is 7.95. The van der Waals surface area contributed by atoms with Crippen molar-refractivity contribution in [3.8, 4) is 11.1 Å². The van der Waals surface area contributed by atoms with Crippen molar-refractivity contribution < 1.29 is 0 Å². The summed E-state index contributed by atoms with van der Waals surface area (Å²) in [6.45, 7) is 0. The lowest BCUT2D eigenvalue weighted by atomic mass is 9.89. The van der Waals surface area contributed by atoms with E-state index >= 15 is 0 Å². The molecule has 1 heteroatoms. The average molecular weight is 434 g/mol. The SMILES string of the molecule is c1ccc2c(c1)CC1Cc3cc(-c4cccc5c6ccccc6c6ccccc6c45)ccc3N21. The highest BCUT2D eigenvalue weighted by molar-refractivity contribution is 6.28. The Kier molecular flexibility index (Phi) is 3.62. The van der Waals surface area contributed by atoms with Crippen molar-refractivity contribution in [2.45, 2.75) is 18.9 Å². The Balaban J connectivity index is 1.37. The molecule has 6 aromatic carbocycles. The Labute approximate surface area is 198 Å². The Hall–Kier alpha value is -4.10. The standard InChI is InChI=1S/C33H23N/c1-6-15-31-22(8-1)19-24-20-23-18-21(16-17-32(23)34(24)31)25-13-7-14-30-28-10-3-2-9-26(28)27-11-4-5-12-29(27)33(25)30/h1-18,24H,19-20H2. The maximum absolute atomic E-state index is 2.57. The van der Waals surface area contributed by atoms with E-state index in [1.807, 2.05) is 0 Å². The largest absolute Gasteiger partial charge is 0.337 e. The smallest absolute Gasteiger partial charge is 0.0447 e. The number of anilines is 2. The van der Waals surface area contributed by atoms with Crippen molar-refractivity contribution in [2.75, 3.05) is 4.90 Å². The van der Waals surface area contributed by atoms with E-state index in [4.69, 9.17) is 0 Å². The third kappa shape index (κ3) is 2.39. The van der Waals surface area contributed by atoms with Crippen LogP contribution < -0.4 is 4.90 Å². The van der Waals surface area contributed by atoms with Gasteiger partial charge in [-0.15, -0.1) is 0 Å². The first-order valence-electron chi connectivity index (χ1n) is 12.2. The van der Waals surface area contributed by atoms with Crippen LogP contribution in [0.3, 0.4) is 0 Å². The molecule has 0 fully saturated rings. The Morgan fingerprint density at radius 2 is 1.09 bits per heavy atom. The molecular weight excluding hydrogens is 410 g/mol. The van der Waals surface area contributed by atoms with Gasteiger partial charge in [0.25, 0.3) is 0 Å². The fourth-order valence-electron chi connectivity index (χ4n) is 6.55. The van der Waals surface area contributed by atoms with Crippen molar-refractivity contribution in [1.29, 1.82) is 0 Å². The van der Waals surface area contributed by atoms with Gasteiger partial charge in [-0.25, -0.2) is 0 Å². The van der Waals surface area contributed by atoms with Crippen LogP contribution in [0.4, 0.5) is 11.4 Å². The van der Waals surface area contributed by atoms with E-state index in [9.17, 15) is 0 Å². The molecule has 160 valence electrons. The molecule has 8 rings (SSSR count). The molecule has 0 saturated heterocycles. The number of fused-ring (bicyclic) bond motifs is 11. The van der Waals surface area contributed by atoms with Gasteiger partial charge < -0.3 is 4.90 Å². The zero-order valence-corrected chi connectivity index (χ0v) is 18.8. The number of nitrogens with zero attached hydrogens (tertiary/aromatic N) is 1. The van der Waals surface area contributed by atoms with Crippen molar-refractivity contribution in [3.05, 3.63) is 120 Å². The molecule has 34 heavy (non-hydrogen) atoms. The number of para-hydroxylation sites is 1. The van der Waals surface area contributed by atoms with Crippen LogP contribution in [-0.2, 0) is 12.8 Å². The van der Waals surface area contributed by atoms with E-state index in [-0.39, 0.29) is 0 Å². The topological polar surface area (TPSA) is 3.24 Å². The quantitative estimate of drug-likeness (QED) is 0.235. The second kappa shape index (κ2) is 6.71. The molecule has 0 aliphatic carbocycles. The highest BCUT2D eigenvalue weighted by Crippen LogP contribution is 2.47. The monoisotopic (exact) mass is 433 g/mol. The van der Waals surface area contributed by atoms with Crippen molar-refractivity contribution >= 4 is 43.7 Å². The Bertz CT molecular complexity index is 1730. The van der Waals surface area contributed by atoms with Crippen molar-refractivity contribution in [1.82, 2.24) is 0 Å². The minimum Gasteiger partial charge on any atom is -0.337 e. The summed E-state index contributed by atoms with van der Waals surface area (Å²) in [4.78, 5) is 2.57. The minimum absolute atomic E-state index is 0.556. The Morgan fingerprint density at radius 1 is 0.500 bits per heavy atom. The van der Waals surface area contributed by atoms with Gasteiger partial charge in [0.1, 0.15) is 0 Å². The lowest BCUT2D eigenvalue weighted by Crippen LogP contribution is -2.22. The first kappa shape index (κ1) is 18.3. The molecule has 2 aliphatic heterocycles. The van der Waals surface area contributed by atoms with Crippen LogP contribution in [0.25, 0.3) is 43.4 Å². The average Bonchev–Trinajstić information content (AvgIpc) is 3.44. The van der Waals surface area contributed by atoms with E-state index in [2.05, 4.69) is 114 Å². The molecule has 1 unspecified atom stereocenters. The van der Waals surface area contributed by atoms with Gasteiger partial charge in [0.2, 0.25) is 0 Å². The molecule has 0 radical (unpaired) electrons. The first-order valence-corrected chi connectivity index (χ1v) is 12.2. The normalized spacial score (nSPS) is 16.2. The lowest BCUT2D eigenvalue weighted by Gasteiger charge is -2.20.